The third-order valence-electron chi connectivity index (χ3n) is 2.76. The molecule has 0 N–H and O–H groups in total. The number of carbonyl (C=O) groups is 3. The summed E-state index contributed by atoms with van der Waals surface area (Å²) < 4.78 is 0. The van der Waals surface area contributed by atoms with Gasteiger partial charge in [-0.05, 0) is 5.92 Å². The van der Waals surface area contributed by atoms with E-state index >= 15 is 0 Å². The first kappa shape index (κ1) is 11.9. The second-order valence-electron chi connectivity index (χ2n) is 4.13. The standard InChI is InChI=1S/C11H17NO3/c1-3-8(2)6-9(13)7-12-10(14)4-5-11(12)15/h8H,3-7H2,1-2H3. The Kier molecular flexibility index (Phi) is 4.00. The van der Waals surface area contributed by atoms with Crippen LogP contribution in [0.4, 0.5) is 0 Å². The van der Waals surface area contributed by atoms with E-state index in [0.717, 1.165) is 11.3 Å². The summed E-state index contributed by atoms with van der Waals surface area (Å²) in [5.74, 6) is -0.117. The monoisotopic (exact) mass is 211 g/mol. The summed E-state index contributed by atoms with van der Waals surface area (Å²) in [6.45, 7) is 3.98. The van der Waals surface area contributed by atoms with Crippen molar-refractivity contribution in [3.05, 3.63) is 0 Å². The predicted molar refractivity (Wildman–Crippen MR) is 55.0 cm³/mol. The molecule has 4 nitrogen and oxygen atoms in total. The van der Waals surface area contributed by atoms with Gasteiger partial charge in [-0.1, -0.05) is 20.3 Å². The molecule has 0 aromatic rings. The molecule has 1 heterocycles. The molecule has 1 atom stereocenters. The van der Waals surface area contributed by atoms with Crippen LogP contribution in [0.15, 0.2) is 0 Å². The first-order chi connectivity index (χ1) is 7.04. The van der Waals surface area contributed by atoms with Crippen LogP contribution in [0.1, 0.15) is 39.5 Å². The quantitative estimate of drug-likeness (QED) is 0.641. The molecule has 0 spiro atoms. The second kappa shape index (κ2) is 5.05. The van der Waals surface area contributed by atoms with Crippen LogP contribution in [0.3, 0.4) is 0 Å². The largest absolute Gasteiger partial charge is 0.298 e. The van der Waals surface area contributed by atoms with E-state index in [9.17, 15) is 14.4 Å². The highest BCUT2D eigenvalue weighted by Gasteiger charge is 2.30. The van der Waals surface area contributed by atoms with Crippen LogP contribution in [-0.2, 0) is 14.4 Å². The smallest absolute Gasteiger partial charge is 0.230 e. The van der Waals surface area contributed by atoms with Crippen molar-refractivity contribution in [2.24, 2.45) is 5.92 Å². The van der Waals surface area contributed by atoms with Gasteiger partial charge in [0.2, 0.25) is 11.8 Å². The number of rotatable bonds is 5. The van der Waals surface area contributed by atoms with Crippen LogP contribution in [0, 0.1) is 5.92 Å². The van der Waals surface area contributed by atoms with E-state index in [4.69, 9.17) is 0 Å². The number of hydrogen-bond donors (Lipinski definition) is 0. The van der Waals surface area contributed by atoms with Crippen molar-refractivity contribution in [1.82, 2.24) is 4.90 Å². The van der Waals surface area contributed by atoms with Crippen molar-refractivity contribution < 1.29 is 14.4 Å². The molecule has 0 saturated carbocycles. The van der Waals surface area contributed by atoms with Gasteiger partial charge < -0.3 is 0 Å². The molecule has 2 amide bonds. The fourth-order valence-corrected chi connectivity index (χ4v) is 1.57. The van der Waals surface area contributed by atoms with E-state index in [1.807, 2.05) is 13.8 Å². The van der Waals surface area contributed by atoms with Crippen LogP contribution in [0.5, 0.6) is 0 Å². The molecule has 15 heavy (non-hydrogen) atoms. The maximum Gasteiger partial charge on any atom is 0.230 e. The molecule has 0 aromatic carbocycles. The number of Topliss-reactive ketones (excluding diaryl/α,β-unsaturated/α-hetero) is 1. The van der Waals surface area contributed by atoms with Crippen molar-refractivity contribution >= 4 is 17.6 Å². The Morgan fingerprint density at radius 1 is 1.33 bits per heavy atom. The number of amides is 2. The molecule has 1 fully saturated rings. The summed E-state index contributed by atoms with van der Waals surface area (Å²) in [6, 6.07) is 0. The lowest BCUT2D eigenvalue weighted by Crippen LogP contribution is -2.34. The van der Waals surface area contributed by atoms with E-state index in [-0.39, 0.29) is 37.0 Å². The summed E-state index contributed by atoms with van der Waals surface area (Å²) >= 11 is 0. The van der Waals surface area contributed by atoms with Crippen molar-refractivity contribution in [2.75, 3.05) is 6.54 Å². The molecule has 1 aliphatic rings. The minimum Gasteiger partial charge on any atom is -0.298 e. The van der Waals surface area contributed by atoms with Crippen molar-refractivity contribution in [3.8, 4) is 0 Å². The topological polar surface area (TPSA) is 54.5 Å². The molecule has 0 aliphatic carbocycles. The molecule has 1 rings (SSSR count). The molecule has 0 aromatic heterocycles. The summed E-state index contributed by atoms with van der Waals surface area (Å²) in [5, 5.41) is 0. The van der Waals surface area contributed by atoms with Crippen molar-refractivity contribution in [2.45, 2.75) is 39.5 Å². The maximum absolute atomic E-state index is 11.5. The molecule has 1 saturated heterocycles. The van der Waals surface area contributed by atoms with Gasteiger partial charge in [-0.15, -0.1) is 0 Å². The minimum absolute atomic E-state index is 0.0204. The summed E-state index contributed by atoms with van der Waals surface area (Å²) in [7, 11) is 0. The number of ketones is 1. The summed E-state index contributed by atoms with van der Waals surface area (Å²) in [5.41, 5.74) is 0. The van der Waals surface area contributed by atoms with E-state index in [1.54, 1.807) is 0 Å². The first-order valence-corrected chi connectivity index (χ1v) is 5.39. The van der Waals surface area contributed by atoms with Gasteiger partial charge >= 0.3 is 0 Å². The summed E-state index contributed by atoms with van der Waals surface area (Å²) in [6.07, 6.45) is 1.91. The van der Waals surface area contributed by atoms with E-state index < -0.39 is 0 Å². The van der Waals surface area contributed by atoms with Crippen LogP contribution < -0.4 is 0 Å². The zero-order chi connectivity index (χ0) is 11.4. The highest BCUT2D eigenvalue weighted by Crippen LogP contribution is 2.13. The van der Waals surface area contributed by atoms with Gasteiger partial charge in [0.25, 0.3) is 0 Å². The van der Waals surface area contributed by atoms with Gasteiger partial charge in [-0.2, -0.15) is 0 Å². The van der Waals surface area contributed by atoms with Gasteiger partial charge in [-0.3, -0.25) is 19.3 Å². The number of imide groups is 1. The first-order valence-electron chi connectivity index (χ1n) is 5.39. The third-order valence-corrected chi connectivity index (χ3v) is 2.76. The lowest BCUT2D eigenvalue weighted by Gasteiger charge is -2.14. The SMILES string of the molecule is CCC(C)CC(=O)CN1C(=O)CCC1=O. The highest BCUT2D eigenvalue weighted by molar-refractivity contribution is 6.04. The molecule has 1 unspecified atom stereocenters. The number of nitrogens with zero attached hydrogens (tertiary/aromatic N) is 1. The van der Waals surface area contributed by atoms with Crippen molar-refractivity contribution in [3.63, 3.8) is 0 Å². The Hall–Kier alpha value is -1.19. The van der Waals surface area contributed by atoms with Crippen LogP contribution in [0.2, 0.25) is 0 Å². The van der Waals surface area contributed by atoms with Gasteiger partial charge in [0.15, 0.2) is 5.78 Å². The zero-order valence-corrected chi connectivity index (χ0v) is 9.28. The van der Waals surface area contributed by atoms with Gasteiger partial charge in [0.1, 0.15) is 0 Å². The fraction of sp³-hybridized carbons (Fsp3) is 0.727. The average Bonchev–Trinajstić information content (AvgIpc) is 2.49. The Balaban J connectivity index is 2.44. The number of hydrogen-bond acceptors (Lipinski definition) is 3. The molecular formula is C11H17NO3. The maximum atomic E-state index is 11.5. The lowest BCUT2D eigenvalue weighted by molar-refractivity contribution is -0.142. The van der Waals surface area contributed by atoms with Gasteiger partial charge in [-0.25, -0.2) is 0 Å². The fourth-order valence-electron chi connectivity index (χ4n) is 1.57. The molecular weight excluding hydrogens is 194 g/mol. The van der Waals surface area contributed by atoms with E-state index in [0.29, 0.717) is 12.3 Å². The van der Waals surface area contributed by atoms with Gasteiger partial charge in [0, 0.05) is 19.3 Å². The van der Waals surface area contributed by atoms with Crippen LogP contribution in [0.25, 0.3) is 0 Å². The Morgan fingerprint density at radius 2 is 1.87 bits per heavy atom. The molecule has 0 radical (unpaired) electrons. The molecule has 4 heteroatoms. The zero-order valence-electron chi connectivity index (χ0n) is 9.28. The van der Waals surface area contributed by atoms with Crippen molar-refractivity contribution in [1.29, 1.82) is 0 Å². The number of likely N-dealkylation sites (tertiary alicyclic amines) is 1. The average molecular weight is 211 g/mol. The molecule has 84 valence electrons. The molecule has 0 bridgehead atoms. The number of carbonyl (C=O) groups excluding carboxylic acids is 3. The van der Waals surface area contributed by atoms with E-state index in [1.165, 1.54) is 0 Å². The lowest BCUT2D eigenvalue weighted by atomic mass is 10.0. The summed E-state index contributed by atoms with van der Waals surface area (Å²) in [4.78, 5) is 35.1. The third kappa shape index (κ3) is 3.15. The Labute approximate surface area is 89.6 Å². The Bertz CT molecular complexity index is 270. The van der Waals surface area contributed by atoms with Gasteiger partial charge in [0.05, 0.1) is 6.54 Å². The Morgan fingerprint density at radius 3 is 2.33 bits per heavy atom. The highest BCUT2D eigenvalue weighted by atomic mass is 16.2. The normalized spacial score (nSPS) is 18.4. The van der Waals surface area contributed by atoms with Crippen LogP contribution in [-0.4, -0.2) is 29.0 Å². The van der Waals surface area contributed by atoms with E-state index in [2.05, 4.69) is 0 Å². The minimum atomic E-state index is -0.211. The predicted octanol–water partition coefficient (Wildman–Crippen LogP) is 1.14. The molecule has 1 aliphatic heterocycles. The second-order valence-corrected chi connectivity index (χ2v) is 4.13. The van der Waals surface area contributed by atoms with Crippen LogP contribution >= 0.6 is 0 Å².